The number of hydrogen-bond donors (Lipinski definition) is 1. The zero-order chi connectivity index (χ0) is 15.8. The van der Waals surface area contributed by atoms with Crippen LogP contribution in [0.4, 0.5) is 0 Å². The smallest absolute Gasteiger partial charge is 0.234 e. The number of likely N-dealkylation sites (N-methyl/N-ethyl adjacent to an activating group) is 1. The maximum atomic E-state index is 12.2. The Morgan fingerprint density at radius 3 is 2.62 bits per heavy atom. The highest BCUT2D eigenvalue weighted by Gasteiger charge is 2.13. The van der Waals surface area contributed by atoms with E-state index in [0.29, 0.717) is 17.9 Å². The van der Waals surface area contributed by atoms with Crippen molar-refractivity contribution in [1.82, 2.24) is 10.2 Å². The summed E-state index contributed by atoms with van der Waals surface area (Å²) in [4.78, 5) is 25.4. The van der Waals surface area contributed by atoms with Gasteiger partial charge in [-0.25, -0.2) is 0 Å². The predicted molar refractivity (Wildman–Crippen MR) is 85.8 cm³/mol. The van der Waals surface area contributed by atoms with E-state index in [0.717, 1.165) is 10.9 Å². The van der Waals surface area contributed by atoms with Gasteiger partial charge in [0.2, 0.25) is 5.91 Å². The molecule has 0 radical (unpaired) electrons. The summed E-state index contributed by atoms with van der Waals surface area (Å²) >= 11 is 3.36. The molecule has 0 spiro atoms. The van der Waals surface area contributed by atoms with Gasteiger partial charge in [0.15, 0.2) is 5.78 Å². The van der Waals surface area contributed by atoms with Crippen LogP contribution in [0.25, 0.3) is 0 Å². The summed E-state index contributed by atoms with van der Waals surface area (Å²) in [6.07, 6.45) is 0.897. The molecule has 21 heavy (non-hydrogen) atoms. The van der Waals surface area contributed by atoms with E-state index in [9.17, 15) is 9.59 Å². The van der Waals surface area contributed by atoms with Gasteiger partial charge >= 0.3 is 0 Å². The average Bonchev–Trinajstić information content (AvgIpc) is 2.44. The molecule has 0 aliphatic rings. The highest BCUT2D eigenvalue weighted by Crippen LogP contribution is 2.25. The predicted octanol–water partition coefficient (Wildman–Crippen LogP) is 2.10. The van der Waals surface area contributed by atoms with Crippen molar-refractivity contribution in [1.29, 1.82) is 0 Å². The summed E-state index contributed by atoms with van der Waals surface area (Å²) in [5.41, 5.74) is 0.587. The Bertz CT molecular complexity index is 506. The van der Waals surface area contributed by atoms with Crippen molar-refractivity contribution in [2.75, 3.05) is 33.8 Å². The molecule has 5 nitrogen and oxygen atoms in total. The monoisotopic (exact) mass is 356 g/mol. The zero-order valence-corrected chi connectivity index (χ0v) is 14.2. The first-order valence-electron chi connectivity index (χ1n) is 6.80. The number of nitrogens with one attached hydrogen (secondary N) is 1. The molecule has 6 heteroatoms. The van der Waals surface area contributed by atoms with Gasteiger partial charge in [-0.1, -0.05) is 6.92 Å². The first-order valence-corrected chi connectivity index (χ1v) is 7.59. The molecule has 0 bridgehead atoms. The fraction of sp³-hybridized carbons (Fsp3) is 0.467. The van der Waals surface area contributed by atoms with Crippen molar-refractivity contribution >= 4 is 27.6 Å². The van der Waals surface area contributed by atoms with E-state index in [1.54, 1.807) is 37.3 Å². The van der Waals surface area contributed by atoms with Gasteiger partial charge in [-0.05, 0) is 47.6 Å². The Morgan fingerprint density at radius 1 is 1.33 bits per heavy atom. The molecule has 1 N–H and O–H groups in total. The third kappa shape index (κ3) is 5.85. The summed E-state index contributed by atoms with van der Waals surface area (Å²) < 4.78 is 5.86. The van der Waals surface area contributed by atoms with Crippen molar-refractivity contribution in [3.05, 3.63) is 28.2 Å². The van der Waals surface area contributed by atoms with Gasteiger partial charge in [0.1, 0.15) is 5.75 Å². The van der Waals surface area contributed by atoms with E-state index in [2.05, 4.69) is 21.2 Å². The molecule has 0 atom stereocenters. The quantitative estimate of drug-likeness (QED) is 0.724. The first-order chi connectivity index (χ1) is 9.97. The number of ketones is 1. The minimum atomic E-state index is -0.0666. The molecular weight excluding hydrogens is 336 g/mol. The van der Waals surface area contributed by atoms with E-state index in [4.69, 9.17) is 4.74 Å². The van der Waals surface area contributed by atoms with Crippen LogP contribution < -0.4 is 10.1 Å². The SMILES string of the molecule is CCCNC(=O)CN(C)CC(=O)c1ccc(OC)c(Br)c1. The fourth-order valence-corrected chi connectivity index (χ4v) is 2.34. The standard InChI is InChI=1S/C15H21BrN2O3/c1-4-7-17-15(20)10-18(2)9-13(19)11-5-6-14(21-3)12(16)8-11/h5-6,8H,4,7,9-10H2,1-3H3,(H,17,20). The molecule has 0 saturated carbocycles. The van der Waals surface area contributed by atoms with E-state index >= 15 is 0 Å². The lowest BCUT2D eigenvalue weighted by Gasteiger charge is -2.15. The van der Waals surface area contributed by atoms with Crippen LogP contribution in [0.2, 0.25) is 0 Å². The molecule has 1 aromatic carbocycles. The number of halogens is 1. The Morgan fingerprint density at radius 2 is 2.05 bits per heavy atom. The lowest BCUT2D eigenvalue weighted by molar-refractivity contribution is -0.121. The minimum Gasteiger partial charge on any atom is -0.496 e. The fourth-order valence-electron chi connectivity index (χ4n) is 1.80. The van der Waals surface area contributed by atoms with Gasteiger partial charge in [0.05, 0.1) is 24.7 Å². The third-order valence-corrected chi connectivity index (χ3v) is 3.49. The lowest BCUT2D eigenvalue weighted by atomic mass is 10.1. The first kappa shape index (κ1) is 17.7. The second-order valence-corrected chi connectivity index (χ2v) is 5.65. The van der Waals surface area contributed by atoms with E-state index in [-0.39, 0.29) is 24.8 Å². The molecule has 0 unspecified atom stereocenters. The number of rotatable bonds is 8. The average molecular weight is 357 g/mol. The zero-order valence-electron chi connectivity index (χ0n) is 12.6. The number of ether oxygens (including phenoxy) is 1. The van der Waals surface area contributed by atoms with Gasteiger partial charge in [-0.2, -0.15) is 0 Å². The lowest BCUT2D eigenvalue weighted by Crippen LogP contribution is -2.37. The molecule has 0 aliphatic carbocycles. The van der Waals surface area contributed by atoms with Gasteiger partial charge in [-0.15, -0.1) is 0 Å². The van der Waals surface area contributed by atoms with Crippen LogP contribution in [0.1, 0.15) is 23.7 Å². The molecule has 1 aromatic rings. The number of amides is 1. The van der Waals surface area contributed by atoms with Crippen LogP contribution in [0, 0.1) is 0 Å². The number of nitrogens with zero attached hydrogens (tertiary/aromatic N) is 1. The summed E-state index contributed by atoms with van der Waals surface area (Å²) in [5.74, 6) is 0.575. The molecular formula is C15H21BrN2O3. The molecule has 0 saturated heterocycles. The third-order valence-electron chi connectivity index (χ3n) is 2.87. The number of hydrogen-bond acceptors (Lipinski definition) is 4. The summed E-state index contributed by atoms with van der Waals surface area (Å²) in [6, 6.07) is 5.19. The normalized spacial score (nSPS) is 10.5. The maximum Gasteiger partial charge on any atom is 0.234 e. The summed E-state index contributed by atoms with van der Waals surface area (Å²) in [5, 5.41) is 2.78. The highest BCUT2D eigenvalue weighted by atomic mass is 79.9. The molecule has 116 valence electrons. The second-order valence-electron chi connectivity index (χ2n) is 4.79. The molecule has 0 aliphatic heterocycles. The van der Waals surface area contributed by atoms with E-state index < -0.39 is 0 Å². The minimum absolute atomic E-state index is 0.0378. The Balaban J connectivity index is 2.56. The Labute approximate surface area is 133 Å². The molecule has 0 aromatic heterocycles. The van der Waals surface area contributed by atoms with Gasteiger partial charge in [0, 0.05) is 12.1 Å². The van der Waals surface area contributed by atoms with E-state index in [1.807, 2.05) is 6.92 Å². The van der Waals surface area contributed by atoms with Crippen molar-refractivity contribution in [3.63, 3.8) is 0 Å². The number of Topliss-reactive ketones (excluding diaryl/α,β-unsaturated/α-hetero) is 1. The number of carbonyl (C=O) groups excluding carboxylic acids is 2. The van der Waals surface area contributed by atoms with Crippen LogP contribution >= 0.6 is 15.9 Å². The summed E-state index contributed by atoms with van der Waals surface area (Å²) in [6.45, 7) is 3.06. The van der Waals surface area contributed by atoms with Crippen LogP contribution in [0.5, 0.6) is 5.75 Å². The molecule has 1 rings (SSSR count). The molecule has 0 heterocycles. The largest absolute Gasteiger partial charge is 0.496 e. The molecule has 1 amide bonds. The Kier molecular flexibility index (Phi) is 7.39. The maximum absolute atomic E-state index is 12.2. The van der Waals surface area contributed by atoms with Crippen molar-refractivity contribution in [3.8, 4) is 5.75 Å². The van der Waals surface area contributed by atoms with Crippen LogP contribution in [0.15, 0.2) is 22.7 Å². The number of benzene rings is 1. The second kappa shape index (κ2) is 8.79. The topological polar surface area (TPSA) is 58.6 Å². The number of carbonyl (C=O) groups is 2. The van der Waals surface area contributed by atoms with Gasteiger partial charge in [0.25, 0.3) is 0 Å². The Hall–Kier alpha value is -1.40. The van der Waals surface area contributed by atoms with Crippen LogP contribution in [0.3, 0.4) is 0 Å². The van der Waals surface area contributed by atoms with Crippen LogP contribution in [-0.2, 0) is 4.79 Å². The van der Waals surface area contributed by atoms with Gasteiger partial charge in [-0.3, -0.25) is 14.5 Å². The molecule has 0 fully saturated rings. The van der Waals surface area contributed by atoms with Gasteiger partial charge < -0.3 is 10.1 Å². The highest BCUT2D eigenvalue weighted by molar-refractivity contribution is 9.10. The number of methoxy groups -OCH3 is 1. The van der Waals surface area contributed by atoms with Crippen molar-refractivity contribution in [2.24, 2.45) is 0 Å². The summed E-state index contributed by atoms with van der Waals surface area (Å²) in [7, 11) is 3.33. The van der Waals surface area contributed by atoms with Crippen LogP contribution in [-0.4, -0.2) is 50.4 Å². The van der Waals surface area contributed by atoms with E-state index in [1.165, 1.54) is 0 Å². The van der Waals surface area contributed by atoms with Crippen molar-refractivity contribution in [2.45, 2.75) is 13.3 Å². The van der Waals surface area contributed by atoms with Crippen molar-refractivity contribution < 1.29 is 14.3 Å².